The lowest BCUT2D eigenvalue weighted by molar-refractivity contribution is -0.120. The third-order valence-corrected chi connectivity index (χ3v) is 5.91. The highest BCUT2D eigenvalue weighted by molar-refractivity contribution is 7.11. The Morgan fingerprint density at radius 3 is 2.26 bits per heavy atom. The number of nitrogens with zero attached hydrogens (tertiary/aromatic N) is 1. The van der Waals surface area contributed by atoms with Gasteiger partial charge in [0.2, 0.25) is 0 Å². The fourth-order valence-corrected chi connectivity index (χ4v) is 4.14. The Morgan fingerprint density at radius 2 is 1.65 bits per heavy atom. The number of rotatable bonds is 4. The van der Waals surface area contributed by atoms with Crippen molar-refractivity contribution in [1.29, 1.82) is 0 Å². The molecule has 31 heavy (non-hydrogen) atoms. The number of benzene rings is 2. The van der Waals surface area contributed by atoms with Crippen molar-refractivity contribution in [2.75, 3.05) is 10.2 Å². The standard InChI is InChI=1S/C24H20F2N2O2S/c1-24(2,3)14-6-9-16(10-7-14)27-21-20(19-5-4-12-31-19)22(29)28(23(21)30)18-13-15(25)8-11-17(18)26/h4-13,27H,1-3H3. The molecule has 0 saturated carbocycles. The topological polar surface area (TPSA) is 49.4 Å². The molecule has 0 fully saturated rings. The summed E-state index contributed by atoms with van der Waals surface area (Å²) in [5, 5.41) is 4.81. The van der Waals surface area contributed by atoms with Crippen LogP contribution >= 0.6 is 11.3 Å². The van der Waals surface area contributed by atoms with Gasteiger partial charge in [-0.3, -0.25) is 9.59 Å². The van der Waals surface area contributed by atoms with Gasteiger partial charge in [0.05, 0.1) is 11.3 Å². The van der Waals surface area contributed by atoms with E-state index in [0.717, 1.165) is 23.8 Å². The van der Waals surface area contributed by atoms with Crippen LogP contribution in [-0.2, 0) is 15.0 Å². The fourth-order valence-electron chi connectivity index (χ4n) is 3.37. The van der Waals surface area contributed by atoms with Gasteiger partial charge in [0, 0.05) is 16.6 Å². The number of hydrogen-bond donors (Lipinski definition) is 1. The van der Waals surface area contributed by atoms with E-state index < -0.39 is 29.1 Å². The lowest BCUT2D eigenvalue weighted by Gasteiger charge is -2.19. The second-order valence-electron chi connectivity index (χ2n) is 8.22. The molecule has 2 aromatic carbocycles. The zero-order valence-corrected chi connectivity index (χ0v) is 18.0. The monoisotopic (exact) mass is 438 g/mol. The number of carbonyl (C=O) groups is 2. The molecule has 3 aromatic rings. The molecule has 0 saturated heterocycles. The maximum Gasteiger partial charge on any atom is 0.282 e. The molecule has 0 bridgehead atoms. The van der Waals surface area contributed by atoms with Crippen molar-refractivity contribution >= 4 is 40.1 Å². The molecule has 1 aliphatic rings. The van der Waals surface area contributed by atoms with Gasteiger partial charge in [-0.1, -0.05) is 39.0 Å². The van der Waals surface area contributed by atoms with Crippen LogP contribution in [0.5, 0.6) is 0 Å². The van der Waals surface area contributed by atoms with Crippen LogP contribution in [0.25, 0.3) is 5.57 Å². The van der Waals surface area contributed by atoms with Crippen molar-refractivity contribution in [3.63, 3.8) is 0 Å². The molecule has 0 spiro atoms. The van der Waals surface area contributed by atoms with E-state index in [9.17, 15) is 18.4 Å². The Bertz CT molecular complexity index is 1190. The molecule has 1 aromatic heterocycles. The van der Waals surface area contributed by atoms with Crippen LogP contribution in [0, 0.1) is 11.6 Å². The average molecular weight is 438 g/mol. The maximum absolute atomic E-state index is 14.4. The third kappa shape index (κ3) is 3.88. The summed E-state index contributed by atoms with van der Waals surface area (Å²) in [6.07, 6.45) is 0. The SMILES string of the molecule is CC(C)(C)c1ccc(NC2=C(c3cccs3)C(=O)N(c3cc(F)ccc3F)C2=O)cc1. The Hall–Kier alpha value is -3.32. The van der Waals surface area contributed by atoms with Crippen molar-refractivity contribution in [2.45, 2.75) is 26.2 Å². The number of amides is 2. The van der Waals surface area contributed by atoms with Gasteiger partial charge in [-0.2, -0.15) is 0 Å². The molecule has 2 heterocycles. The molecule has 0 aliphatic carbocycles. The summed E-state index contributed by atoms with van der Waals surface area (Å²) in [4.78, 5) is 27.6. The number of halogens is 2. The normalized spacial score (nSPS) is 14.5. The summed E-state index contributed by atoms with van der Waals surface area (Å²) >= 11 is 1.29. The van der Waals surface area contributed by atoms with E-state index >= 15 is 0 Å². The van der Waals surface area contributed by atoms with Crippen molar-refractivity contribution in [1.82, 2.24) is 0 Å². The lowest BCUT2D eigenvalue weighted by Crippen LogP contribution is -2.33. The Kier molecular flexibility index (Phi) is 5.23. The quantitative estimate of drug-likeness (QED) is 0.530. The van der Waals surface area contributed by atoms with E-state index in [1.807, 2.05) is 24.3 Å². The summed E-state index contributed by atoms with van der Waals surface area (Å²) in [7, 11) is 0. The molecule has 1 N–H and O–H groups in total. The van der Waals surface area contributed by atoms with Crippen molar-refractivity contribution in [3.8, 4) is 0 Å². The van der Waals surface area contributed by atoms with Crippen LogP contribution in [0.15, 0.2) is 65.7 Å². The number of hydrogen-bond acceptors (Lipinski definition) is 4. The van der Waals surface area contributed by atoms with E-state index in [1.165, 1.54) is 11.3 Å². The second-order valence-corrected chi connectivity index (χ2v) is 9.17. The van der Waals surface area contributed by atoms with Gasteiger partial charge in [-0.05, 0) is 46.7 Å². The number of nitrogens with one attached hydrogen (secondary N) is 1. The number of thiophene rings is 1. The minimum atomic E-state index is -0.857. The first-order valence-corrected chi connectivity index (χ1v) is 10.5. The Labute approximate surface area is 182 Å². The predicted molar refractivity (Wildman–Crippen MR) is 119 cm³/mol. The first kappa shape index (κ1) is 20.9. The zero-order chi connectivity index (χ0) is 22.3. The number of anilines is 2. The lowest BCUT2D eigenvalue weighted by atomic mass is 9.87. The van der Waals surface area contributed by atoms with Crippen molar-refractivity contribution in [3.05, 3.63) is 87.7 Å². The highest BCUT2D eigenvalue weighted by Crippen LogP contribution is 2.36. The van der Waals surface area contributed by atoms with Gasteiger partial charge >= 0.3 is 0 Å². The predicted octanol–water partition coefficient (Wildman–Crippen LogP) is 5.72. The Morgan fingerprint density at radius 1 is 0.935 bits per heavy atom. The molecular formula is C24H20F2N2O2S. The van der Waals surface area contributed by atoms with Gasteiger partial charge in [-0.25, -0.2) is 13.7 Å². The van der Waals surface area contributed by atoms with Crippen LogP contribution in [0.3, 0.4) is 0 Å². The molecule has 1 aliphatic heterocycles. The summed E-state index contributed by atoms with van der Waals surface area (Å²) in [5.41, 5.74) is 1.43. The molecule has 0 unspecified atom stereocenters. The molecular weight excluding hydrogens is 418 g/mol. The van der Waals surface area contributed by atoms with Crippen LogP contribution in [-0.4, -0.2) is 11.8 Å². The van der Waals surface area contributed by atoms with Gasteiger partial charge < -0.3 is 5.32 Å². The van der Waals surface area contributed by atoms with Crippen LogP contribution in [0.1, 0.15) is 31.2 Å². The first-order chi connectivity index (χ1) is 14.7. The molecule has 7 heteroatoms. The minimum absolute atomic E-state index is 0.0274. The molecule has 158 valence electrons. The highest BCUT2D eigenvalue weighted by Gasteiger charge is 2.42. The molecule has 2 amide bonds. The summed E-state index contributed by atoms with van der Waals surface area (Å²) < 4.78 is 28.2. The summed E-state index contributed by atoms with van der Waals surface area (Å²) in [6.45, 7) is 6.28. The van der Waals surface area contributed by atoms with E-state index in [-0.39, 0.29) is 16.7 Å². The van der Waals surface area contributed by atoms with Crippen LogP contribution < -0.4 is 10.2 Å². The first-order valence-electron chi connectivity index (χ1n) is 9.66. The molecule has 4 rings (SSSR count). The fraction of sp³-hybridized carbons (Fsp3) is 0.167. The van der Waals surface area contributed by atoms with Crippen molar-refractivity contribution in [2.24, 2.45) is 0 Å². The smallest absolute Gasteiger partial charge is 0.282 e. The molecule has 0 radical (unpaired) electrons. The van der Waals surface area contributed by atoms with E-state index in [0.29, 0.717) is 15.5 Å². The van der Waals surface area contributed by atoms with Crippen LogP contribution in [0.4, 0.5) is 20.2 Å². The molecule has 0 atom stereocenters. The molecule has 4 nitrogen and oxygen atoms in total. The van der Waals surface area contributed by atoms with Gasteiger partial charge in [0.25, 0.3) is 11.8 Å². The van der Waals surface area contributed by atoms with E-state index in [2.05, 4.69) is 26.1 Å². The van der Waals surface area contributed by atoms with Gasteiger partial charge in [-0.15, -0.1) is 11.3 Å². The Balaban J connectivity index is 1.77. The second kappa shape index (κ2) is 7.74. The van der Waals surface area contributed by atoms with Crippen molar-refractivity contribution < 1.29 is 18.4 Å². The van der Waals surface area contributed by atoms with Gasteiger partial charge in [0.1, 0.15) is 17.3 Å². The zero-order valence-electron chi connectivity index (χ0n) is 17.2. The van der Waals surface area contributed by atoms with E-state index in [1.54, 1.807) is 17.5 Å². The number of imide groups is 1. The van der Waals surface area contributed by atoms with E-state index in [4.69, 9.17) is 0 Å². The average Bonchev–Trinajstić information content (AvgIpc) is 3.31. The van der Waals surface area contributed by atoms with Gasteiger partial charge in [0.15, 0.2) is 0 Å². The highest BCUT2D eigenvalue weighted by atomic mass is 32.1. The largest absolute Gasteiger partial charge is 0.350 e. The summed E-state index contributed by atoms with van der Waals surface area (Å²) in [6, 6.07) is 13.7. The maximum atomic E-state index is 14.4. The minimum Gasteiger partial charge on any atom is -0.350 e. The summed E-state index contributed by atoms with van der Waals surface area (Å²) in [5.74, 6) is -3.04. The number of carbonyl (C=O) groups excluding carboxylic acids is 2. The van der Waals surface area contributed by atoms with Crippen LogP contribution in [0.2, 0.25) is 0 Å². The third-order valence-electron chi connectivity index (χ3n) is 5.02.